The molecule has 5 nitrogen and oxygen atoms in total. The molecule has 0 amide bonds. The molecule has 2 rings (SSSR count). The highest BCUT2D eigenvalue weighted by molar-refractivity contribution is 7.97. The Morgan fingerprint density at radius 3 is 2.73 bits per heavy atom. The predicted octanol–water partition coefficient (Wildman–Crippen LogP) is 3.25. The van der Waals surface area contributed by atoms with Crippen LogP contribution in [0.25, 0.3) is 0 Å². The van der Waals surface area contributed by atoms with E-state index in [0.717, 1.165) is 31.6 Å². The van der Waals surface area contributed by atoms with Crippen LogP contribution >= 0.6 is 11.9 Å². The first-order chi connectivity index (χ1) is 10.6. The molecule has 0 unspecified atom stereocenters. The molecule has 1 aliphatic rings. The lowest BCUT2D eigenvalue weighted by molar-refractivity contribution is -0.142. The molecule has 122 valence electrons. The van der Waals surface area contributed by atoms with Crippen LogP contribution in [0.15, 0.2) is 23.1 Å². The number of ether oxygens (including phenoxy) is 1. The van der Waals surface area contributed by atoms with Crippen LogP contribution in [-0.2, 0) is 14.4 Å². The maximum absolute atomic E-state index is 11.3. The number of methoxy groups -OCH3 is 1. The number of hydrogen-bond donors (Lipinski definition) is 1. The summed E-state index contributed by atoms with van der Waals surface area (Å²) in [5.41, 5.74) is 5.07. The fraction of sp³-hybridized carbons (Fsp3) is 0.562. The molecule has 0 bridgehead atoms. The Morgan fingerprint density at radius 2 is 2.09 bits per heavy atom. The van der Waals surface area contributed by atoms with Crippen molar-refractivity contribution in [3.63, 3.8) is 0 Å². The molecule has 1 saturated heterocycles. The number of hydrogen-bond acceptors (Lipinski definition) is 6. The van der Waals surface area contributed by atoms with Crippen LogP contribution in [0.2, 0.25) is 0 Å². The highest BCUT2D eigenvalue weighted by atomic mass is 32.2. The molecule has 6 heteroatoms. The van der Waals surface area contributed by atoms with Crippen LogP contribution in [-0.4, -0.2) is 37.6 Å². The normalized spacial score (nSPS) is 16.5. The number of aryl methyl sites for hydroxylation is 1. The van der Waals surface area contributed by atoms with Gasteiger partial charge in [0.05, 0.1) is 19.9 Å². The van der Waals surface area contributed by atoms with Gasteiger partial charge in [0.25, 0.3) is 0 Å². The number of benzene rings is 1. The van der Waals surface area contributed by atoms with E-state index in [-0.39, 0.29) is 5.97 Å². The van der Waals surface area contributed by atoms with E-state index >= 15 is 0 Å². The summed E-state index contributed by atoms with van der Waals surface area (Å²) in [6, 6.07) is 6.20. The Bertz CT molecular complexity index is 502. The van der Waals surface area contributed by atoms with Crippen LogP contribution in [0.3, 0.4) is 0 Å². The van der Waals surface area contributed by atoms with Gasteiger partial charge in [0, 0.05) is 24.4 Å². The molecule has 1 aromatic carbocycles. The lowest BCUT2D eigenvalue weighted by atomic mass is 9.95. The first-order valence-corrected chi connectivity index (χ1v) is 8.29. The van der Waals surface area contributed by atoms with E-state index in [9.17, 15) is 4.79 Å². The quantitative estimate of drug-likeness (QED) is 0.492. The monoisotopic (exact) mass is 324 g/mol. The minimum atomic E-state index is -0.0970. The zero-order valence-electron chi connectivity index (χ0n) is 13.4. The van der Waals surface area contributed by atoms with E-state index in [2.05, 4.69) is 28.8 Å². The molecule has 22 heavy (non-hydrogen) atoms. The molecular weight excluding hydrogens is 300 g/mol. The number of nitrogens with zero attached hydrogens (tertiary/aromatic N) is 1. The number of carbonyl (C=O) groups is 1. The third-order valence-electron chi connectivity index (χ3n) is 3.89. The second kappa shape index (κ2) is 8.41. The first kappa shape index (κ1) is 17.1. The van der Waals surface area contributed by atoms with Gasteiger partial charge in [-0.1, -0.05) is 6.07 Å². The van der Waals surface area contributed by atoms with Gasteiger partial charge in [-0.05, 0) is 55.3 Å². The summed E-state index contributed by atoms with van der Waals surface area (Å²) < 4.78 is 7.12. The third kappa shape index (κ3) is 4.90. The second-order valence-electron chi connectivity index (χ2n) is 5.53. The number of piperidine rings is 1. The lowest BCUT2D eigenvalue weighted by Gasteiger charge is -2.30. The third-order valence-corrected chi connectivity index (χ3v) is 5.15. The summed E-state index contributed by atoms with van der Waals surface area (Å²) in [5, 5.41) is 0. The zero-order chi connectivity index (χ0) is 15.9. The SMILES string of the molecule is CONc1ccc(C)c(SN2CCC(CC(=O)OC)CC2)c1. The van der Waals surface area contributed by atoms with Crippen molar-refractivity contribution in [2.75, 3.05) is 32.8 Å². The van der Waals surface area contributed by atoms with E-state index in [4.69, 9.17) is 9.57 Å². The zero-order valence-corrected chi connectivity index (χ0v) is 14.2. The minimum absolute atomic E-state index is 0.0970. The highest BCUT2D eigenvalue weighted by Gasteiger charge is 2.22. The molecule has 0 spiro atoms. The van der Waals surface area contributed by atoms with E-state index in [1.54, 1.807) is 19.1 Å². The van der Waals surface area contributed by atoms with Crippen molar-refractivity contribution in [3.8, 4) is 0 Å². The Kier molecular flexibility index (Phi) is 6.54. The fourth-order valence-electron chi connectivity index (χ4n) is 2.54. The standard InChI is InChI=1S/C16H24N2O3S/c1-12-4-5-14(17-21-3)11-15(12)22-18-8-6-13(7-9-18)10-16(19)20-2/h4-5,11,13,17H,6-10H2,1-3H3. The summed E-state index contributed by atoms with van der Waals surface area (Å²) in [7, 11) is 3.07. The molecular formula is C16H24N2O3S. The van der Waals surface area contributed by atoms with Gasteiger partial charge < -0.3 is 4.74 Å². The van der Waals surface area contributed by atoms with Gasteiger partial charge in [0.1, 0.15) is 0 Å². The van der Waals surface area contributed by atoms with Crippen molar-refractivity contribution in [1.82, 2.24) is 4.31 Å². The van der Waals surface area contributed by atoms with Gasteiger partial charge in [-0.25, -0.2) is 4.31 Å². The first-order valence-electron chi connectivity index (χ1n) is 7.51. The molecule has 0 atom stereocenters. The van der Waals surface area contributed by atoms with Gasteiger partial charge in [-0.15, -0.1) is 0 Å². The highest BCUT2D eigenvalue weighted by Crippen LogP contribution is 2.32. The van der Waals surface area contributed by atoms with Gasteiger partial charge in [0.15, 0.2) is 0 Å². The summed E-state index contributed by atoms with van der Waals surface area (Å²) in [6.07, 6.45) is 2.62. The topological polar surface area (TPSA) is 50.8 Å². The molecule has 1 aliphatic heterocycles. The van der Waals surface area contributed by atoms with Crippen molar-refractivity contribution >= 4 is 23.6 Å². The van der Waals surface area contributed by atoms with E-state index < -0.39 is 0 Å². The molecule has 1 fully saturated rings. The molecule has 1 N–H and O–H groups in total. The average molecular weight is 324 g/mol. The van der Waals surface area contributed by atoms with E-state index in [1.165, 1.54) is 17.6 Å². The van der Waals surface area contributed by atoms with Crippen LogP contribution < -0.4 is 5.48 Å². The van der Waals surface area contributed by atoms with Gasteiger partial charge in [-0.3, -0.25) is 15.1 Å². The van der Waals surface area contributed by atoms with E-state index in [1.807, 2.05) is 6.07 Å². The summed E-state index contributed by atoms with van der Waals surface area (Å²) >= 11 is 1.78. The molecule has 1 aromatic rings. The molecule has 0 aliphatic carbocycles. The van der Waals surface area contributed by atoms with Crippen molar-refractivity contribution in [1.29, 1.82) is 0 Å². The van der Waals surface area contributed by atoms with Crippen LogP contribution in [0.4, 0.5) is 5.69 Å². The number of anilines is 1. The Hall–Kier alpha value is -1.24. The lowest BCUT2D eigenvalue weighted by Crippen LogP contribution is -2.29. The number of carbonyl (C=O) groups excluding carboxylic acids is 1. The molecule has 1 heterocycles. The average Bonchev–Trinajstić information content (AvgIpc) is 2.52. The van der Waals surface area contributed by atoms with E-state index in [0.29, 0.717) is 12.3 Å². The maximum atomic E-state index is 11.3. The maximum Gasteiger partial charge on any atom is 0.305 e. The van der Waals surface area contributed by atoms with Crippen molar-refractivity contribution < 1.29 is 14.4 Å². The van der Waals surface area contributed by atoms with Crippen molar-refractivity contribution in [3.05, 3.63) is 23.8 Å². The fourth-order valence-corrected chi connectivity index (χ4v) is 3.61. The molecule has 0 aromatic heterocycles. The molecule has 0 saturated carbocycles. The van der Waals surface area contributed by atoms with Crippen LogP contribution in [0.5, 0.6) is 0 Å². The van der Waals surface area contributed by atoms with Gasteiger partial charge >= 0.3 is 5.97 Å². The predicted molar refractivity (Wildman–Crippen MR) is 88.6 cm³/mol. The van der Waals surface area contributed by atoms with Crippen molar-refractivity contribution in [2.45, 2.75) is 31.1 Å². The molecule has 0 radical (unpaired) electrons. The summed E-state index contributed by atoms with van der Waals surface area (Å²) in [4.78, 5) is 17.5. The summed E-state index contributed by atoms with van der Waals surface area (Å²) in [5.74, 6) is 0.354. The number of esters is 1. The Morgan fingerprint density at radius 1 is 1.36 bits per heavy atom. The van der Waals surface area contributed by atoms with Crippen LogP contribution in [0, 0.1) is 12.8 Å². The van der Waals surface area contributed by atoms with Gasteiger partial charge in [-0.2, -0.15) is 0 Å². The smallest absolute Gasteiger partial charge is 0.305 e. The largest absolute Gasteiger partial charge is 0.469 e. The van der Waals surface area contributed by atoms with Crippen molar-refractivity contribution in [2.24, 2.45) is 5.92 Å². The van der Waals surface area contributed by atoms with Gasteiger partial charge in [0.2, 0.25) is 0 Å². The number of nitrogens with one attached hydrogen (secondary N) is 1. The number of rotatable bonds is 6. The Balaban J connectivity index is 1.88. The van der Waals surface area contributed by atoms with Crippen LogP contribution in [0.1, 0.15) is 24.8 Å². The second-order valence-corrected chi connectivity index (χ2v) is 6.67. The summed E-state index contributed by atoms with van der Waals surface area (Å²) in [6.45, 7) is 4.10. The minimum Gasteiger partial charge on any atom is -0.469 e. The Labute approximate surface area is 136 Å².